The van der Waals surface area contributed by atoms with Crippen molar-refractivity contribution in [2.24, 2.45) is 0 Å². The van der Waals surface area contributed by atoms with Crippen LogP contribution in [-0.2, 0) is 15.8 Å². The number of carbonyl (C=O) groups is 1. The Morgan fingerprint density at radius 2 is 2.19 bits per heavy atom. The van der Waals surface area contributed by atoms with Gasteiger partial charge in [0.15, 0.2) is 0 Å². The van der Waals surface area contributed by atoms with Crippen molar-refractivity contribution in [1.29, 1.82) is 0 Å². The first-order valence-electron chi connectivity index (χ1n) is 5.73. The maximum atomic E-state index is 12.1. The smallest absolute Gasteiger partial charge is 0.337 e. The molecule has 0 unspecified atom stereocenters. The van der Waals surface area contributed by atoms with E-state index in [-0.39, 0.29) is 16.9 Å². The summed E-state index contributed by atoms with van der Waals surface area (Å²) >= 11 is 3.13. The van der Waals surface area contributed by atoms with Crippen molar-refractivity contribution in [2.75, 3.05) is 4.72 Å². The number of anilines is 1. The molecule has 9 heteroatoms. The molecule has 0 amide bonds. The summed E-state index contributed by atoms with van der Waals surface area (Å²) < 4.78 is 31.6. The third-order valence-electron chi connectivity index (χ3n) is 2.52. The maximum Gasteiger partial charge on any atom is 0.337 e. The molecule has 21 heavy (non-hydrogen) atoms. The number of aryl methyl sites for hydroxylation is 1. The summed E-state index contributed by atoms with van der Waals surface area (Å²) in [6.45, 7) is 1.65. The lowest BCUT2D eigenvalue weighted by Gasteiger charge is -2.11. The van der Waals surface area contributed by atoms with Gasteiger partial charge in [-0.15, -0.1) is 0 Å². The second-order valence-corrected chi connectivity index (χ2v) is 6.83. The van der Waals surface area contributed by atoms with Gasteiger partial charge in [-0.05, 0) is 35.0 Å². The van der Waals surface area contributed by atoms with E-state index in [1.165, 1.54) is 18.2 Å². The zero-order chi connectivity index (χ0) is 15.6. The number of hydrogen-bond acceptors (Lipinski definition) is 5. The molecule has 7 nitrogen and oxygen atoms in total. The van der Waals surface area contributed by atoms with E-state index in [4.69, 9.17) is 9.63 Å². The number of aromatic carboxylic acids is 1. The lowest BCUT2D eigenvalue weighted by atomic mass is 10.2. The number of para-hydroxylation sites is 1. The zero-order valence-electron chi connectivity index (χ0n) is 10.8. The van der Waals surface area contributed by atoms with Crippen LogP contribution in [0.5, 0.6) is 0 Å². The third-order valence-corrected chi connectivity index (χ3v) is 4.37. The van der Waals surface area contributed by atoms with Gasteiger partial charge in [0.1, 0.15) is 17.2 Å². The fourth-order valence-corrected chi connectivity index (χ4v) is 3.40. The Morgan fingerprint density at radius 1 is 1.48 bits per heavy atom. The van der Waals surface area contributed by atoms with E-state index in [9.17, 15) is 13.2 Å². The molecule has 1 aromatic carbocycles. The van der Waals surface area contributed by atoms with Crippen LogP contribution >= 0.6 is 15.9 Å². The molecule has 0 spiro atoms. The van der Waals surface area contributed by atoms with Crippen LogP contribution in [0.3, 0.4) is 0 Å². The van der Waals surface area contributed by atoms with Crippen LogP contribution in [0.2, 0.25) is 0 Å². The van der Waals surface area contributed by atoms with E-state index < -0.39 is 21.7 Å². The van der Waals surface area contributed by atoms with Gasteiger partial charge < -0.3 is 9.63 Å². The summed E-state index contributed by atoms with van der Waals surface area (Å²) in [5.74, 6) is -1.15. The molecule has 2 aromatic rings. The molecule has 112 valence electrons. The maximum absolute atomic E-state index is 12.1. The van der Waals surface area contributed by atoms with Gasteiger partial charge in [0.05, 0.1) is 11.3 Å². The van der Waals surface area contributed by atoms with Crippen LogP contribution in [0.4, 0.5) is 5.69 Å². The van der Waals surface area contributed by atoms with Crippen molar-refractivity contribution in [3.8, 4) is 0 Å². The molecule has 0 saturated carbocycles. The van der Waals surface area contributed by atoms with Gasteiger partial charge in [0.25, 0.3) is 0 Å². The van der Waals surface area contributed by atoms with E-state index in [0.29, 0.717) is 10.2 Å². The minimum absolute atomic E-state index is 0.0229. The van der Waals surface area contributed by atoms with Crippen molar-refractivity contribution in [1.82, 2.24) is 5.16 Å². The first kappa shape index (κ1) is 15.5. The van der Waals surface area contributed by atoms with Gasteiger partial charge in [-0.1, -0.05) is 11.2 Å². The molecule has 0 aliphatic rings. The highest BCUT2D eigenvalue weighted by atomic mass is 79.9. The summed E-state index contributed by atoms with van der Waals surface area (Å²) in [6, 6.07) is 5.86. The molecule has 0 aliphatic carbocycles. The number of carboxylic acid groups (broad SMARTS) is 1. The van der Waals surface area contributed by atoms with E-state index in [1.807, 2.05) is 0 Å². The van der Waals surface area contributed by atoms with Crippen molar-refractivity contribution in [3.05, 3.63) is 45.8 Å². The zero-order valence-corrected chi connectivity index (χ0v) is 13.2. The van der Waals surface area contributed by atoms with Crippen molar-refractivity contribution in [3.63, 3.8) is 0 Å². The number of hydrogen-bond donors (Lipinski definition) is 2. The molecular formula is C12H11BrN2O5S. The number of aromatic nitrogens is 1. The number of rotatable bonds is 5. The Hall–Kier alpha value is -1.87. The Bertz CT molecular complexity index is 785. The van der Waals surface area contributed by atoms with Crippen LogP contribution in [-0.4, -0.2) is 24.7 Å². The molecule has 0 bridgehead atoms. The number of sulfonamides is 1. The number of carboxylic acids is 1. The first-order valence-corrected chi connectivity index (χ1v) is 8.17. The van der Waals surface area contributed by atoms with Gasteiger partial charge in [-0.3, -0.25) is 4.72 Å². The molecular weight excluding hydrogens is 364 g/mol. The average Bonchev–Trinajstić information content (AvgIpc) is 2.75. The second-order valence-electron chi connectivity index (χ2n) is 4.26. The minimum atomic E-state index is -3.82. The van der Waals surface area contributed by atoms with E-state index in [1.54, 1.807) is 13.0 Å². The van der Waals surface area contributed by atoms with Crippen LogP contribution in [0.25, 0.3) is 0 Å². The quantitative estimate of drug-likeness (QED) is 0.831. The fourth-order valence-electron chi connectivity index (χ4n) is 1.68. The van der Waals surface area contributed by atoms with Crippen LogP contribution in [0.15, 0.2) is 33.3 Å². The Balaban J connectivity index is 2.30. The molecule has 2 rings (SSSR count). The van der Waals surface area contributed by atoms with Crippen molar-refractivity contribution in [2.45, 2.75) is 12.7 Å². The lowest BCUT2D eigenvalue weighted by molar-refractivity contribution is 0.0698. The Kier molecular flexibility index (Phi) is 4.33. The normalized spacial score (nSPS) is 11.3. The lowest BCUT2D eigenvalue weighted by Crippen LogP contribution is -2.18. The van der Waals surface area contributed by atoms with Crippen molar-refractivity contribution < 1.29 is 22.8 Å². The highest BCUT2D eigenvalue weighted by Gasteiger charge is 2.20. The van der Waals surface area contributed by atoms with Gasteiger partial charge in [0.2, 0.25) is 10.0 Å². The topological polar surface area (TPSA) is 110 Å². The Morgan fingerprint density at radius 3 is 2.76 bits per heavy atom. The van der Waals surface area contributed by atoms with Gasteiger partial charge in [-0.2, -0.15) is 0 Å². The molecule has 1 aromatic heterocycles. The van der Waals surface area contributed by atoms with Crippen LogP contribution in [0, 0.1) is 6.92 Å². The molecule has 0 fully saturated rings. The molecule has 0 atom stereocenters. The molecule has 0 radical (unpaired) electrons. The van der Waals surface area contributed by atoms with Gasteiger partial charge in [0, 0.05) is 10.5 Å². The molecule has 1 heterocycles. The van der Waals surface area contributed by atoms with Crippen molar-refractivity contribution >= 4 is 37.6 Å². The standard InChI is InChI=1S/C12H11BrN2O5S/c1-7-5-8(14-20-7)6-21(18,19)15-11-9(12(16)17)3-2-4-10(11)13/h2-5,15H,6H2,1H3,(H,16,17). The monoisotopic (exact) mass is 374 g/mol. The summed E-state index contributed by atoms with van der Waals surface area (Å²) in [5.41, 5.74) is 0.0680. The molecule has 2 N–H and O–H groups in total. The number of halogens is 1. The summed E-state index contributed by atoms with van der Waals surface area (Å²) in [4.78, 5) is 11.1. The Labute approximate surface area is 129 Å². The van der Waals surface area contributed by atoms with Gasteiger partial charge in [-0.25, -0.2) is 13.2 Å². The van der Waals surface area contributed by atoms with E-state index in [0.717, 1.165) is 0 Å². The average molecular weight is 375 g/mol. The molecule has 0 saturated heterocycles. The minimum Gasteiger partial charge on any atom is -0.478 e. The summed E-state index contributed by atoms with van der Waals surface area (Å²) in [6.07, 6.45) is 0. The van der Waals surface area contributed by atoms with E-state index >= 15 is 0 Å². The first-order chi connectivity index (χ1) is 9.78. The van der Waals surface area contributed by atoms with Gasteiger partial charge >= 0.3 is 5.97 Å². The predicted molar refractivity (Wildman–Crippen MR) is 78.6 cm³/mol. The van der Waals surface area contributed by atoms with E-state index in [2.05, 4.69) is 25.8 Å². The highest BCUT2D eigenvalue weighted by molar-refractivity contribution is 9.10. The molecule has 0 aliphatic heterocycles. The largest absolute Gasteiger partial charge is 0.478 e. The summed E-state index contributed by atoms with van der Waals surface area (Å²) in [7, 11) is -3.82. The third kappa shape index (κ3) is 3.82. The fraction of sp³-hybridized carbons (Fsp3) is 0.167. The number of nitrogens with one attached hydrogen (secondary N) is 1. The summed E-state index contributed by atoms with van der Waals surface area (Å²) in [5, 5.41) is 12.7. The predicted octanol–water partition coefficient (Wildman–Crippen LogP) is 2.39. The number of nitrogens with zero attached hydrogens (tertiary/aromatic N) is 1. The highest BCUT2D eigenvalue weighted by Crippen LogP contribution is 2.28. The second kappa shape index (κ2) is 5.86. The van der Waals surface area contributed by atoms with Crippen LogP contribution < -0.4 is 4.72 Å². The number of benzene rings is 1. The SMILES string of the molecule is Cc1cc(CS(=O)(=O)Nc2c(Br)cccc2C(=O)O)no1. The van der Waals surface area contributed by atoms with Crippen LogP contribution in [0.1, 0.15) is 21.8 Å².